The molecule has 2 rings (SSSR count). The first-order valence-corrected chi connectivity index (χ1v) is 26.3. The molecular formula is C60H98N6O8. The van der Waals surface area contributed by atoms with Gasteiger partial charge in [-0.2, -0.15) is 0 Å². The number of carbonyl (C=O) groups is 6. The predicted octanol–water partition coefficient (Wildman–Crippen LogP) is 8.77. The number of aryl methyl sites for hydroxylation is 2. The average Bonchev–Trinajstić information content (AvgIpc) is 3.29. The van der Waals surface area contributed by atoms with Crippen LogP contribution in [0.2, 0.25) is 0 Å². The highest BCUT2D eigenvalue weighted by atomic mass is 16.5. The Bertz CT molecular complexity index is 2110. The van der Waals surface area contributed by atoms with Crippen molar-refractivity contribution in [2.24, 2.45) is 22.7 Å². The van der Waals surface area contributed by atoms with E-state index in [0.717, 1.165) is 22.3 Å². The Labute approximate surface area is 447 Å². The van der Waals surface area contributed by atoms with Crippen molar-refractivity contribution < 1.29 is 38.2 Å². The molecule has 0 bridgehead atoms. The summed E-state index contributed by atoms with van der Waals surface area (Å²) in [6.45, 7) is 39.3. The number of rotatable bonds is 22. The van der Waals surface area contributed by atoms with Gasteiger partial charge in [0.15, 0.2) is 0 Å². The van der Waals surface area contributed by atoms with Gasteiger partial charge < -0.3 is 40.5 Å². The number of hydrogen-bond donors (Lipinski definition) is 4. The fraction of sp³-hybridized carbons (Fsp3) is 0.633. The lowest BCUT2D eigenvalue weighted by Crippen LogP contribution is -2.61. The Kier molecular flexibility index (Phi) is 25.7. The molecule has 416 valence electrons. The van der Waals surface area contributed by atoms with Crippen molar-refractivity contribution in [2.75, 3.05) is 41.4 Å². The van der Waals surface area contributed by atoms with Crippen LogP contribution >= 0.6 is 0 Å². The molecule has 74 heavy (non-hydrogen) atoms. The lowest BCUT2D eigenvalue weighted by molar-refractivity contribution is -0.141. The minimum absolute atomic E-state index is 0.0416. The fourth-order valence-corrected chi connectivity index (χ4v) is 9.16. The smallest absolute Gasteiger partial charge is 0.333 e. The number of amides is 4. The summed E-state index contributed by atoms with van der Waals surface area (Å²) in [4.78, 5) is 82.8. The molecule has 6 atom stereocenters. The average molecular weight is 1030 g/mol. The molecule has 0 fully saturated rings. The molecule has 14 heteroatoms. The molecule has 2 aromatic carbocycles. The highest BCUT2D eigenvalue weighted by Crippen LogP contribution is 2.32. The molecule has 4 N–H and O–H groups in total. The summed E-state index contributed by atoms with van der Waals surface area (Å²) in [6.07, 6.45) is 3.55. The maximum atomic E-state index is 13.9. The topological polar surface area (TPSA) is 175 Å². The molecule has 0 aromatic heterocycles. The molecule has 14 nitrogen and oxygen atoms in total. The highest BCUT2D eigenvalue weighted by molar-refractivity contribution is 5.93. The van der Waals surface area contributed by atoms with Gasteiger partial charge in [0.25, 0.3) is 0 Å². The van der Waals surface area contributed by atoms with Crippen LogP contribution in [0.3, 0.4) is 0 Å². The van der Waals surface area contributed by atoms with Crippen molar-refractivity contribution in [3.63, 3.8) is 0 Å². The second kappa shape index (κ2) is 28.5. The van der Waals surface area contributed by atoms with Crippen LogP contribution in [0.25, 0.3) is 0 Å². The van der Waals surface area contributed by atoms with Gasteiger partial charge in [0.2, 0.25) is 23.6 Å². The first-order valence-electron chi connectivity index (χ1n) is 26.3. The number of ether oxygens (including phenoxy) is 2. The number of esters is 2. The number of benzene rings is 2. The maximum absolute atomic E-state index is 13.9. The quantitative estimate of drug-likeness (QED) is 0.0659. The van der Waals surface area contributed by atoms with Gasteiger partial charge in [-0.1, -0.05) is 169 Å². The SMILES string of the molecule is CCOC(=O)/C(C)=C/[C@H](C(C)C)N(C)C(=O)C(NC(=O)[C@@H](NC)C(C)(C)c1cccc(C)c1)C(C)(C)C.CCOC(=O)/C(C)=C/[C@H](C(C)C)N(C)C(=O)C(NC(=O)[C@H](NC)C(C)(C)c1cccc(C)c1)C(C)(C)C. The van der Waals surface area contributed by atoms with Gasteiger partial charge in [-0.15, -0.1) is 0 Å². The molecule has 0 aliphatic heterocycles. The second-order valence-electron chi connectivity index (χ2n) is 23.7. The summed E-state index contributed by atoms with van der Waals surface area (Å²) < 4.78 is 10.2. The van der Waals surface area contributed by atoms with Crippen molar-refractivity contribution in [1.82, 2.24) is 31.1 Å². The third-order valence-electron chi connectivity index (χ3n) is 13.9. The third kappa shape index (κ3) is 18.5. The van der Waals surface area contributed by atoms with Gasteiger partial charge in [-0.3, -0.25) is 19.2 Å². The van der Waals surface area contributed by atoms with E-state index in [-0.39, 0.29) is 60.8 Å². The van der Waals surface area contributed by atoms with Crippen LogP contribution < -0.4 is 21.3 Å². The monoisotopic (exact) mass is 1030 g/mol. The largest absolute Gasteiger partial charge is 0.463 e. The zero-order valence-electron chi connectivity index (χ0n) is 50.0. The van der Waals surface area contributed by atoms with Crippen LogP contribution in [0.5, 0.6) is 0 Å². The van der Waals surface area contributed by atoms with Crippen molar-refractivity contribution in [3.05, 3.63) is 94.1 Å². The van der Waals surface area contributed by atoms with Gasteiger partial charge in [-0.25, -0.2) is 9.59 Å². The zero-order chi connectivity index (χ0) is 57.4. The maximum Gasteiger partial charge on any atom is 0.333 e. The van der Waals surface area contributed by atoms with E-state index in [0.29, 0.717) is 11.1 Å². The van der Waals surface area contributed by atoms with Gasteiger partial charge in [0.1, 0.15) is 12.1 Å². The molecular weight excluding hydrogens is 933 g/mol. The van der Waals surface area contributed by atoms with Crippen LogP contribution in [0, 0.1) is 36.5 Å². The predicted molar refractivity (Wildman–Crippen MR) is 300 cm³/mol. The van der Waals surface area contributed by atoms with E-state index >= 15 is 0 Å². The molecule has 0 saturated heterocycles. The Morgan fingerprint density at radius 3 is 1.07 bits per heavy atom. The lowest BCUT2D eigenvalue weighted by atomic mass is 9.76. The summed E-state index contributed by atoms with van der Waals surface area (Å²) in [5, 5.41) is 12.5. The van der Waals surface area contributed by atoms with Gasteiger partial charge in [0, 0.05) is 36.1 Å². The van der Waals surface area contributed by atoms with E-state index < -0.39 is 57.8 Å². The standard InChI is InChI=1S/2C30H49N3O4/c2*1-13-37-28(36)21(5)18-23(19(2)3)33(12)27(35)25(29(6,7)8)32-26(34)24(31-11)30(9,10)22-16-14-15-20(4)17-22/h2*14-19,23-25,31H,13H2,1-12H3,(H,32,34)/b2*21-18+/t23-,24+,25?;23-,24-,25?/m11/s1. The van der Waals surface area contributed by atoms with E-state index in [9.17, 15) is 28.8 Å². The van der Waals surface area contributed by atoms with E-state index in [1.165, 1.54) is 0 Å². The molecule has 0 spiro atoms. The Morgan fingerprint density at radius 2 is 0.838 bits per heavy atom. The van der Waals surface area contributed by atoms with Crippen molar-refractivity contribution >= 4 is 35.6 Å². The van der Waals surface area contributed by atoms with Crippen LogP contribution in [-0.4, -0.2) is 123 Å². The molecule has 0 radical (unpaired) electrons. The molecule has 2 aromatic rings. The Hall–Kier alpha value is -5.34. The van der Waals surface area contributed by atoms with Gasteiger partial charge >= 0.3 is 11.9 Å². The normalized spacial score (nSPS) is 15.1. The summed E-state index contributed by atoms with van der Waals surface area (Å²) in [6, 6.07) is 12.9. The summed E-state index contributed by atoms with van der Waals surface area (Å²) in [5.41, 5.74) is 3.08. The fourth-order valence-electron chi connectivity index (χ4n) is 9.16. The van der Waals surface area contributed by atoms with Crippen molar-refractivity contribution in [1.29, 1.82) is 0 Å². The first kappa shape index (κ1) is 66.7. The number of carbonyl (C=O) groups excluding carboxylic acids is 6. The molecule has 0 saturated carbocycles. The van der Waals surface area contributed by atoms with E-state index in [1.54, 1.807) is 77.8 Å². The summed E-state index contributed by atoms with van der Waals surface area (Å²) in [5.74, 6) is -1.62. The van der Waals surface area contributed by atoms with E-state index in [1.807, 2.05) is 147 Å². The summed E-state index contributed by atoms with van der Waals surface area (Å²) in [7, 11) is 6.97. The zero-order valence-corrected chi connectivity index (χ0v) is 50.0. The Balaban J connectivity index is 0.000000740. The molecule has 4 amide bonds. The van der Waals surface area contributed by atoms with E-state index in [4.69, 9.17) is 9.47 Å². The van der Waals surface area contributed by atoms with Gasteiger partial charge in [-0.05, 0) is 89.4 Å². The highest BCUT2D eigenvalue weighted by Gasteiger charge is 2.44. The number of likely N-dealkylation sites (N-methyl/N-ethyl adjacent to an activating group) is 4. The lowest BCUT2D eigenvalue weighted by Gasteiger charge is -2.40. The van der Waals surface area contributed by atoms with Crippen LogP contribution in [0.4, 0.5) is 0 Å². The van der Waals surface area contributed by atoms with Crippen LogP contribution in [0.1, 0.15) is 147 Å². The Morgan fingerprint density at radius 1 is 0.541 bits per heavy atom. The number of hydrogen-bond acceptors (Lipinski definition) is 10. The summed E-state index contributed by atoms with van der Waals surface area (Å²) >= 11 is 0. The first-order chi connectivity index (χ1) is 34.0. The van der Waals surface area contributed by atoms with E-state index in [2.05, 4.69) is 33.4 Å². The van der Waals surface area contributed by atoms with Crippen molar-refractivity contribution in [3.8, 4) is 0 Å². The van der Waals surface area contributed by atoms with Crippen molar-refractivity contribution in [2.45, 2.75) is 186 Å². The van der Waals surface area contributed by atoms with Crippen LogP contribution in [0.15, 0.2) is 71.8 Å². The second-order valence-corrected chi connectivity index (χ2v) is 23.7. The van der Waals surface area contributed by atoms with Crippen LogP contribution in [-0.2, 0) is 49.1 Å². The molecule has 2 unspecified atom stereocenters. The number of nitrogens with one attached hydrogen (secondary N) is 4. The molecule has 0 aliphatic carbocycles. The third-order valence-corrected chi connectivity index (χ3v) is 13.9. The minimum atomic E-state index is -0.772. The van der Waals surface area contributed by atoms with Gasteiger partial charge in [0.05, 0.1) is 37.4 Å². The minimum Gasteiger partial charge on any atom is -0.463 e. The molecule has 0 heterocycles. The molecule has 0 aliphatic rings. The number of nitrogens with zero attached hydrogens (tertiary/aromatic N) is 2.